The van der Waals surface area contributed by atoms with E-state index in [2.05, 4.69) is 12.1 Å². The zero-order chi connectivity index (χ0) is 9.36. The summed E-state index contributed by atoms with van der Waals surface area (Å²) in [6, 6.07) is 23.4. The summed E-state index contributed by atoms with van der Waals surface area (Å²) in [7, 11) is 0. The first kappa shape index (κ1) is 17.1. The maximum Gasteiger partial charge on any atom is 2.00 e. The fourth-order valence-electron chi connectivity index (χ4n) is 0.825. The first-order valence-corrected chi connectivity index (χ1v) is 4.24. The predicted octanol–water partition coefficient (Wildman–Crippen LogP) is 3.48. The summed E-state index contributed by atoms with van der Waals surface area (Å²) in [5.41, 5.74) is 1.20. The zero-order valence-electron chi connectivity index (χ0n) is 8.81. The Kier molecular flexibility index (Phi) is 13.4. The monoisotopic (exact) mass is 272 g/mol. The molecule has 0 aliphatic heterocycles. The molecule has 0 fully saturated rings. The van der Waals surface area contributed by atoms with Crippen molar-refractivity contribution in [3.63, 3.8) is 0 Å². The fourth-order valence-corrected chi connectivity index (χ4v) is 0.825. The van der Waals surface area contributed by atoms with Gasteiger partial charge in [0.25, 0.3) is 0 Å². The largest absolute Gasteiger partial charge is 2.00 e. The molecular formula is C13H13BrMg. The van der Waals surface area contributed by atoms with E-state index in [1.165, 1.54) is 5.56 Å². The quantitative estimate of drug-likeness (QED) is 0.509. The molecule has 0 nitrogen and oxygen atoms in total. The summed E-state index contributed by atoms with van der Waals surface area (Å²) in [4.78, 5) is 0. The minimum atomic E-state index is 0. The van der Waals surface area contributed by atoms with Gasteiger partial charge in [-0.3, -0.25) is 0 Å². The summed E-state index contributed by atoms with van der Waals surface area (Å²) in [6.45, 7) is 2.03. The van der Waals surface area contributed by atoms with Crippen molar-refractivity contribution in [2.45, 2.75) is 6.92 Å². The third kappa shape index (κ3) is 9.98. The van der Waals surface area contributed by atoms with E-state index in [-0.39, 0.29) is 40.0 Å². The number of halogens is 1. The molecule has 0 heterocycles. The number of aryl methyl sites for hydroxylation is 1. The van der Waals surface area contributed by atoms with Crippen molar-refractivity contribution >= 4 is 40.0 Å². The van der Waals surface area contributed by atoms with E-state index in [4.69, 9.17) is 0 Å². The molecule has 2 heteroatoms. The third-order valence-corrected chi connectivity index (χ3v) is 1.47. The minimum absolute atomic E-state index is 0. The summed E-state index contributed by atoms with van der Waals surface area (Å²) in [5.74, 6) is 0. The molecule has 0 atom stereocenters. The van der Waals surface area contributed by atoms with Gasteiger partial charge in [-0.25, -0.2) is 0 Å². The molecule has 2 aromatic rings. The van der Waals surface area contributed by atoms with Crippen molar-refractivity contribution in [2.24, 2.45) is 0 Å². The van der Waals surface area contributed by atoms with E-state index >= 15 is 0 Å². The minimum Gasteiger partial charge on any atom is -0.184 e. The van der Waals surface area contributed by atoms with Crippen molar-refractivity contribution in [2.75, 3.05) is 0 Å². The normalized spacial score (nSPS) is 7.27. The first-order valence-electron chi connectivity index (χ1n) is 4.24. The molecule has 0 aromatic heterocycles. The van der Waals surface area contributed by atoms with Crippen LogP contribution in [0.2, 0.25) is 0 Å². The smallest absolute Gasteiger partial charge is 0.184 e. The van der Waals surface area contributed by atoms with Gasteiger partial charge in [0, 0.05) is 0 Å². The average Bonchev–Trinajstić information content (AvgIpc) is 2.22. The molecular weight excluding hydrogens is 260 g/mol. The van der Waals surface area contributed by atoms with Crippen LogP contribution in [0.25, 0.3) is 0 Å². The Morgan fingerprint density at radius 1 is 0.867 bits per heavy atom. The summed E-state index contributed by atoms with van der Waals surface area (Å²) < 4.78 is 0. The van der Waals surface area contributed by atoms with Gasteiger partial charge in [-0.15, -0.1) is 17.0 Å². The van der Waals surface area contributed by atoms with Gasteiger partial charge in [0.15, 0.2) is 0 Å². The molecule has 0 aliphatic rings. The van der Waals surface area contributed by atoms with Crippen molar-refractivity contribution in [1.29, 1.82) is 0 Å². The van der Waals surface area contributed by atoms with Crippen molar-refractivity contribution in [3.8, 4) is 0 Å². The second-order valence-corrected chi connectivity index (χ2v) is 2.62. The summed E-state index contributed by atoms with van der Waals surface area (Å²) in [6.07, 6.45) is 0. The van der Waals surface area contributed by atoms with E-state index in [1.807, 2.05) is 61.5 Å². The van der Waals surface area contributed by atoms with Gasteiger partial charge in [-0.2, -0.15) is 72.3 Å². The maximum atomic E-state index is 3.03. The SMILES string of the molecule is Br.Cc1[c-]cccc1.[Mg+2].[c-]1ccccc1. The molecule has 0 aliphatic carbocycles. The molecule has 0 spiro atoms. The predicted molar refractivity (Wildman–Crippen MR) is 71.4 cm³/mol. The zero-order valence-corrected chi connectivity index (χ0v) is 11.9. The van der Waals surface area contributed by atoms with Gasteiger partial charge < -0.3 is 0 Å². The Bertz CT molecular complexity index is 281. The molecule has 0 N–H and O–H groups in total. The van der Waals surface area contributed by atoms with Crippen LogP contribution in [-0.4, -0.2) is 23.1 Å². The number of rotatable bonds is 0. The van der Waals surface area contributed by atoms with Crippen LogP contribution >= 0.6 is 17.0 Å². The topological polar surface area (TPSA) is 0 Å². The molecule has 2 rings (SSSR count). The summed E-state index contributed by atoms with van der Waals surface area (Å²) >= 11 is 0. The second-order valence-electron chi connectivity index (χ2n) is 2.62. The van der Waals surface area contributed by atoms with E-state index < -0.39 is 0 Å². The van der Waals surface area contributed by atoms with Gasteiger partial charge in [0.1, 0.15) is 0 Å². The Hall–Kier alpha value is -0.314. The molecule has 15 heavy (non-hydrogen) atoms. The summed E-state index contributed by atoms with van der Waals surface area (Å²) in [5, 5.41) is 0. The Balaban J connectivity index is 0. The van der Waals surface area contributed by atoms with E-state index in [0.717, 1.165) is 0 Å². The van der Waals surface area contributed by atoms with E-state index in [0.29, 0.717) is 0 Å². The van der Waals surface area contributed by atoms with Crippen LogP contribution in [0.3, 0.4) is 0 Å². The van der Waals surface area contributed by atoms with Crippen LogP contribution in [0.4, 0.5) is 0 Å². The maximum absolute atomic E-state index is 3.03. The number of hydrogen-bond donors (Lipinski definition) is 0. The van der Waals surface area contributed by atoms with Crippen LogP contribution in [0.1, 0.15) is 5.56 Å². The van der Waals surface area contributed by atoms with Crippen LogP contribution in [-0.2, 0) is 0 Å². The average molecular weight is 273 g/mol. The molecule has 0 unspecified atom stereocenters. The first-order chi connectivity index (χ1) is 6.39. The van der Waals surface area contributed by atoms with Crippen molar-refractivity contribution in [3.05, 3.63) is 72.3 Å². The Morgan fingerprint density at radius 2 is 1.47 bits per heavy atom. The molecule has 0 saturated carbocycles. The van der Waals surface area contributed by atoms with Crippen LogP contribution in [0.5, 0.6) is 0 Å². The molecule has 74 valence electrons. The van der Waals surface area contributed by atoms with Gasteiger partial charge in [0.2, 0.25) is 0 Å². The van der Waals surface area contributed by atoms with Crippen molar-refractivity contribution < 1.29 is 0 Å². The second kappa shape index (κ2) is 11.8. The number of hydrogen-bond acceptors (Lipinski definition) is 0. The van der Waals surface area contributed by atoms with Gasteiger partial charge >= 0.3 is 23.1 Å². The van der Waals surface area contributed by atoms with E-state index in [1.54, 1.807) is 0 Å². The molecule has 0 amide bonds. The van der Waals surface area contributed by atoms with Crippen LogP contribution in [0, 0.1) is 19.1 Å². The van der Waals surface area contributed by atoms with Gasteiger partial charge in [-0.1, -0.05) is 6.92 Å². The van der Waals surface area contributed by atoms with Crippen molar-refractivity contribution in [1.82, 2.24) is 0 Å². The molecule has 0 bridgehead atoms. The number of benzene rings is 2. The van der Waals surface area contributed by atoms with Crippen LogP contribution in [0.15, 0.2) is 54.6 Å². The molecule has 2 aromatic carbocycles. The third-order valence-electron chi connectivity index (χ3n) is 1.47. The van der Waals surface area contributed by atoms with Gasteiger partial charge in [0.05, 0.1) is 0 Å². The Morgan fingerprint density at radius 3 is 1.67 bits per heavy atom. The Labute approximate surface area is 119 Å². The molecule has 0 radical (unpaired) electrons. The van der Waals surface area contributed by atoms with Gasteiger partial charge in [-0.05, 0) is 0 Å². The van der Waals surface area contributed by atoms with Crippen LogP contribution < -0.4 is 0 Å². The standard InChI is InChI=1S/C7H7.C6H5.BrH.Mg/c1-7-5-3-2-4-6-7;1-2-4-6-5-3-1;;/h2-5H,1H3;1-5H;1H;/q2*-1;;+2. The molecule has 0 saturated heterocycles. The fraction of sp³-hybridized carbons (Fsp3) is 0.0769. The van der Waals surface area contributed by atoms with E-state index in [9.17, 15) is 0 Å².